The van der Waals surface area contributed by atoms with Gasteiger partial charge in [0, 0.05) is 5.92 Å². The van der Waals surface area contributed by atoms with Crippen molar-refractivity contribution < 1.29 is 30.3 Å². The number of fused-ring (bicyclic) bond motifs is 5. The molecule has 6 nitrogen and oxygen atoms in total. The zero-order chi connectivity index (χ0) is 20.0. The van der Waals surface area contributed by atoms with Crippen molar-refractivity contribution in [1.29, 1.82) is 0 Å². The number of carbonyl (C=O) groups excluding carboxylic acids is 1. The molecule has 27 heavy (non-hydrogen) atoms. The molecule has 4 aliphatic carbocycles. The Labute approximate surface area is 159 Å². The van der Waals surface area contributed by atoms with E-state index in [9.17, 15) is 30.3 Å². The second-order valence-corrected chi connectivity index (χ2v) is 9.96. The first-order valence-corrected chi connectivity index (χ1v) is 10.1. The van der Waals surface area contributed by atoms with Gasteiger partial charge < -0.3 is 25.5 Å². The molecule has 0 unspecified atom stereocenters. The fourth-order valence-electron chi connectivity index (χ4n) is 7.23. The minimum absolute atomic E-state index is 0.0213. The third kappa shape index (κ3) is 1.96. The van der Waals surface area contributed by atoms with Crippen molar-refractivity contribution in [3.63, 3.8) is 0 Å². The molecule has 4 aliphatic rings. The number of hydrogen-bond donors (Lipinski definition) is 5. The summed E-state index contributed by atoms with van der Waals surface area (Å²) in [5.74, 6) is -0.888. The Bertz CT molecular complexity index is 719. The van der Waals surface area contributed by atoms with Gasteiger partial charge in [-0.2, -0.15) is 0 Å². The van der Waals surface area contributed by atoms with E-state index in [2.05, 4.69) is 0 Å². The van der Waals surface area contributed by atoms with E-state index >= 15 is 0 Å². The van der Waals surface area contributed by atoms with Crippen molar-refractivity contribution in [3.8, 4) is 0 Å². The van der Waals surface area contributed by atoms with Crippen LogP contribution in [0.1, 0.15) is 65.7 Å². The second-order valence-electron chi connectivity index (χ2n) is 9.96. The number of aliphatic hydroxyl groups excluding tert-OH is 2. The Balaban J connectivity index is 1.87. The molecule has 0 heterocycles. The van der Waals surface area contributed by atoms with E-state index in [1.807, 2.05) is 13.0 Å². The summed E-state index contributed by atoms with van der Waals surface area (Å²) in [7, 11) is 0. The lowest BCUT2D eigenvalue weighted by Gasteiger charge is -2.66. The molecule has 3 saturated carbocycles. The van der Waals surface area contributed by atoms with Gasteiger partial charge >= 0.3 is 0 Å². The van der Waals surface area contributed by atoms with Crippen LogP contribution in [0, 0.1) is 16.7 Å². The summed E-state index contributed by atoms with van der Waals surface area (Å²) in [6.07, 6.45) is 2.73. The summed E-state index contributed by atoms with van der Waals surface area (Å²) in [5.41, 5.74) is -6.07. The molecule has 0 amide bonds. The summed E-state index contributed by atoms with van der Waals surface area (Å²) in [6, 6.07) is 0. The van der Waals surface area contributed by atoms with Crippen LogP contribution in [0.2, 0.25) is 0 Å². The van der Waals surface area contributed by atoms with E-state index in [1.54, 1.807) is 6.92 Å². The van der Waals surface area contributed by atoms with Gasteiger partial charge in [-0.3, -0.25) is 4.79 Å². The van der Waals surface area contributed by atoms with Gasteiger partial charge in [-0.1, -0.05) is 25.5 Å². The highest BCUT2D eigenvalue weighted by Gasteiger charge is 2.80. The van der Waals surface area contributed by atoms with Gasteiger partial charge in [0.25, 0.3) is 0 Å². The number of hydrogen-bond acceptors (Lipinski definition) is 6. The van der Waals surface area contributed by atoms with E-state index in [1.165, 1.54) is 6.92 Å². The highest BCUT2D eigenvalue weighted by Crippen LogP contribution is 2.70. The van der Waals surface area contributed by atoms with Gasteiger partial charge in [0.15, 0.2) is 5.78 Å². The van der Waals surface area contributed by atoms with Gasteiger partial charge in [0.05, 0.1) is 17.6 Å². The lowest BCUT2D eigenvalue weighted by Crippen LogP contribution is -2.78. The zero-order valence-corrected chi connectivity index (χ0v) is 16.4. The van der Waals surface area contributed by atoms with Crippen LogP contribution in [-0.2, 0) is 4.79 Å². The smallest absolute Gasteiger partial charge is 0.162 e. The van der Waals surface area contributed by atoms with Crippen LogP contribution < -0.4 is 0 Å². The molecule has 0 aromatic heterocycles. The summed E-state index contributed by atoms with van der Waals surface area (Å²) < 4.78 is 0. The lowest BCUT2D eigenvalue weighted by molar-refractivity contribution is -0.312. The van der Waals surface area contributed by atoms with Crippen LogP contribution in [0.5, 0.6) is 0 Å². The molecule has 4 rings (SSSR count). The fourth-order valence-corrected chi connectivity index (χ4v) is 7.23. The molecular weight excluding hydrogens is 348 g/mol. The van der Waals surface area contributed by atoms with E-state index in [0.29, 0.717) is 19.3 Å². The predicted molar refractivity (Wildman–Crippen MR) is 97.7 cm³/mol. The third-order valence-corrected chi connectivity index (χ3v) is 9.18. The third-order valence-electron chi connectivity index (χ3n) is 9.18. The van der Waals surface area contributed by atoms with Crippen LogP contribution in [-0.4, -0.2) is 60.3 Å². The van der Waals surface area contributed by atoms with E-state index in [0.717, 1.165) is 5.57 Å². The molecule has 152 valence electrons. The number of ketones is 1. The molecule has 0 spiro atoms. The molecule has 0 bridgehead atoms. The minimum Gasteiger partial charge on any atom is -0.393 e. The average molecular weight is 380 g/mol. The highest BCUT2D eigenvalue weighted by atomic mass is 16.4. The topological polar surface area (TPSA) is 118 Å². The maximum absolute atomic E-state index is 12.3. The molecule has 0 aliphatic heterocycles. The normalized spacial score (nSPS) is 57.3. The minimum atomic E-state index is -1.87. The molecule has 6 heteroatoms. The first-order valence-electron chi connectivity index (χ1n) is 10.1. The van der Waals surface area contributed by atoms with Crippen LogP contribution in [0.15, 0.2) is 11.6 Å². The number of Topliss-reactive ketones (excluding diaryl/α,β-unsaturated/α-hetero) is 1. The van der Waals surface area contributed by atoms with Crippen LogP contribution in [0.3, 0.4) is 0 Å². The summed E-state index contributed by atoms with van der Waals surface area (Å²) in [6.45, 7) is 4.87. The summed E-state index contributed by atoms with van der Waals surface area (Å²) >= 11 is 0. The number of rotatable bonds is 1. The van der Waals surface area contributed by atoms with Crippen LogP contribution >= 0.6 is 0 Å². The maximum Gasteiger partial charge on any atom is 0.162 e. The van der Waals surface area contributed by atoms with E-state index < -0.39 is 51.5 Å². The van der Waals surface area contributed by atoms with E-state index in [-0.39, 0.29) is 25.7 Å². The Morgan fingerprint density at radius 2 is 1.78 bits per heavy atom. The molecule has 0 radical (unpaired) electrons. The van der Waals surface area contributed by atoms with Crippen LogP contribution in [0.25, 0.3) is 0 Å². The van der Waals surface area contributed by atoms with Gasteiger partial charge in [0.1, 0.15) is 16.8 Å². The lowest BCUT2D eigenvalue weighted by atomic mass is 9.42. The number of carbonyl (C=O) groups is 1. The SMILES string of the molecule is CC(=O)[C@]1(O)CC[C@]2(O)[C@@]1(C)[C@@H](O)C[C@@H]1[C@@]3(C)CC[C@@H](O)CC3=CC[C@@]12O. The van der Waals surface area contributed by atoms with Gasteiger partial charge in [-0.25, -0.2) is 0 Å². The summed E-state index contributed by atoms with van der Waals surface area (Å²) in [4.78, 5) is 12.3. The first kappa shape index (κ1) is 19.5. The molecule has 3 fully saturated rings. The fraction of sp³-hybridized carbons (Fsp3) is 0.857. The Morgan fingerprint density at radius 3 is 2.41 bits per heavy atom. The molecule has 8 atom stereocenters. The monoisotopic (exact) mass is 380 g/mol. The Hall–Kier alpha value is -0.790. The molecule has 0 saturated heterocycles. The van der Waals surface area contributed by atoms with Gasteiger partial charge in [-0.05, 0) is 57.3 Å². The van der Waals surface area contributed by atoms with Crippen molar-refractivity contribution in [3.05, 3.63) is 11.6 Å². The Morgan fingerprint density at radius 1 is 1.11 bits per heavy atom. The van der Waals surface area contributed by atoms with Crippen LogP contribution in [0.4, 0.5) is 0 Å². The van der Waals surface area contributed by atoms with Crippen molar-refractivity contribution in [2.24, 2.45) is 16.7 Å². The van der Waals surface area contributed by atoms with Crippen molar-refractivity contribution in [2.75, 3.05) is 0 Å². The van der Waals surface area contributed by atoms with Crippen molar-refractivity contribution in [1.82, 2.24) is 0 Å². The van der Waals surface area contributed by atoms with Crippen molar-refractivity contribution >= 4 is 5.78 Å². The maximum atomic E-state index is 12.3. The molecule has 5 N–H and O–H groups in total. The largest absolute Gasteiger partial charge is 0.393 e. The predicted octanol–water partition coefficient (Wildman–Crippen LogP) is 0.831. The van der Waals surface area contributed by atoms with Crippen molar-refractivity contribution in [2.45, 2.75) is 94.7 Å². The summed E-state index contributed by atoms with van der Waals surface area (Å²) in [5, 5.41) is 56.1. The molecule has 0 aromatic carbocycles. The van der Waals surface area contributed by atoms with Gasteiger partial charge in [-0.15, -0.1) is 0 Å². The average Bonchev–Trinajstić information content (AvgIpc) is 2.83. The quantitative estimate of drug-likeness (QED) is 0.430. The molecule has 0 aromatic rings. The second kappa shape index (κ2) is 5.42. The molecular formula is C21H32O6. The highest BCUT2D eigenvalue weighted by molar-refractivity contribution is 5.87. The van der Waals surface area contributed by atoms with E-state index in [4.69, 9.17) is 0 Å². The standard InChI is InChI=1S/C21H32O6/c1-12(22)19(25)8-9-21(27)18(19,3)16(24)11-15-17(2)6-5-14(23)10-13(17)4-7-20(15,21)26/h4,14-16,23-27H,5-11H2,1-3H3/t14-,15-,16+,17+,18+,19-,20-,21+/m1/s1. The first-order chi connectivity index (χ1) is 12.4. The number of aliphatic hydroxyl groups is 5. The Kier molecular flexibility index (Phi) is 3.92. The van der Waals surface area contributed by atoms with Gasteiger partial charge in [0.2, 0.25) is 0 Å². The zero-order valence-electron chi connectivity index (χ0n) is 16.4.